The third-order valence-electron chi connectivity index (χ3n) is 3.54. The normalized spacial score (nSPS) is 14.7. The maximum atomic E-state index is 12.3. The van der Waals surface area contributed by atoms with Gasteiger partial charge in [0.25, 0.3) is 5.91 Å². The summed E-state index contributed by atoms with van der Waals surface area (Å²) in [5.74, 6) is 1.65. The molecule has 2 aromatic rings. The predicted molar refractivity (Wildman–Crippen MR) is 82.4 cm³/mol. The maximum absolute atomic E-state index is 12.3. The molecule has 1 aliphatic heterocycles. The van der Waals surface area contributed by atoms with Gasteiger partial charge < -0.3 is 14.4 Å². The number of hydrogen-bond acceptors (Lipinski definition) is 4. The van der Waals surface area contributed by atoms with Crippen LogP contribution >= 0.6 is 11.3 Å². The highest BCUT2D eigenvalue weighted by molar-refractivity contribution is 7.12. The standard InChI is InChI=1S/C16H17NO3S/c1-11-6-7-21-15(11)16(18)17-9-14(10-17)20-13-5-3-4-12(8-13)19-2/h3-8,14H,9-10H2,1-2H3. The van der Waals surface area contributed by atoms with Crippen LogP contribution in [0, 0.1) is 6.92 Å². The topological polar surface area (TPSA) is 38.8 Å². The molecule has 1 aromatic carbocycles. The van der Waals surface area contributed by atoms with E-state index in [4.69, 9.17) is 9.47 Å². The van der Waals surface area contributed by atoms with Crippen LogP contribution in [0.5, 0.6) is 11.5 Å². The van der Waals surface area contributed by atoms with Gasteiger partial charge in [-0.1, -0.05) is 6.07 Å². The lowest BCUT2D eigenvalue weighted by Gasteiger charge is -2.38. The van der Waals surface area contributed by atoms with E-state index >= 15 is 0 Å². The smallest absolute Gasteiger partial charge is 0.264 e. The molecule has 0 atom stereocenters. The zero-order valence-corrected chi connectivity index (χ0v) is 12.9. The van der Waals surface area contributed by atoms with E-state index in [9.17, 15) is 4.79 Å². The van der Waals surface area contributed by atoms with Gasteiger partial charge in [-0.2, -0.15) is 0 Å². The molecule has 1 aromatic heterocycles. The number of benzene rings is 1. The van der Waals surface area contributed by atoms with Crippen molar-refractivity contribution in [1.82, 2.24) is 4.90 Å². The molecule has 0 unspecified atom stereocenters. The molecule has 21 heavy (non-hydrogen) atoms. The monoisotopic (exact) mass is 303 g/mol. The lowest BCUT2D eigenvalue weighted by atomic mass is 10.1. The van der Waals surface area contributed by atoms with Gasteiger partial charge in [0.2, 0.25) is 0 Å². The van der Waals surface area contributed by atoms with Crippen LogP contribution in [0.15, 0.2) is 35.7 Å². The molecule has 5 heteroatoms. The first-order valence-electron chi connectivity index (χ1n) is 6.81. The molecule has 110 valence electrons. The van der Waals surface area contributed by atoms with Crippen molar-refractivity contribution in [3.05, 3.63) is 46.2 Å². The number of ether oxygens (including phenoxy) is 2. The number of carbonyl (C=O) groups excluding carboxylic acids is 1. The van der Waals surface area contributed by atoms with Crippen molar-refractivity contribution < 1.29 is 14.3 Å². The van der Waals surface area contributed by atoms with E-state index in [1.165, 1.54) is 11.3 Å². The number of rotatable bonds is 4. The number of likely N-dealkylation sites (tertiary alicyclic amines) is 1. The van der Waals surface area contributed by atoms with Crippen LogP contribution in [0.3, 0.4) is 0 Å². The van der Waals surface area contributed by atoms with Gasteiger partial charge in [-0.15, -0.1) is 11.3 Å². The molecule has 1 aliphatic rings. The Morgan fingerprint density at radius 1 is 1.29 bits per heavy atom. The van der Waals surface area contributed by atoms with Crippen molar-refractivity contribution >= 4 is 17.2 Å². The Balaban J connectivity index is 1.56. The average Bonchev–Trinajstić information content (AvgIpc) is 2.88. The second-order valence-corrected chi connectivity index (χ2v) is 5.98. The molecule has 1 fully saturated rings. The second-order valence-electron chi connectivity index (χ2n) is 5.06. The minimum atomic E-state index is 0.0568. The van der Waals surface area contributed by atoms with Gasteiger partial charge in [0.15, 0.2) is 0 Å². The fraction of sp³-hybridized carbons (Fsp3) is 0.312. The summed E-state index contributed by atoms with van der Waals surface area (Å²) in [5, 5.41) is 1.95. The molecule has 0 spiro atoms. The Morgan fingerprint density at radius 3 is 2.71 bits per heavy atom. The van der Waals surface area contributed by atoms with E-state index in [-0.39, 0.29) is 12.0 Å². The quantitative estimate of drug-likeness (QED) is 0.871. The van der Waals surface area contributed by atoms with E-state index in [0.29, 0.717) is 13.1 Å². The van der Waals surface area contributed by atoms with Crippen LogP contribution in [-0.2, 0) is 0 Å². The summed E-state index contributed by atoms with van der Waals surface area (Å²) >= 11 is 1.50. The van der Waals surface area contributed by atoms with Crippen LogP contribution in [0.1, 0.15) is 15.2 Å². The largest absolute Gasteiger partial charge is 0.497 e. The van der Waals surface area contributed by atoms with Crippen LogP contribution in [-0.4, -0.2) is 37.1 Å². The summed E-state index contributed by atoms with van der Waals surface area (Å²) in [6, 6.07) is 9.50. The van der Waals surface area contributed by atoms with Gasteiger partial charge in [-0.3, -0.25) is 4.79 Å². The molecule has 0 bridgehead atoms. The van der Waals surface area contributed by atoms with Crippen molar-refractivity contribution in [2.24, 2.45) is 0 Å². The molecule has 1 amide bonds. The summed E-state index contributed by atoms with van der Waals surface area (Å²) in [5.41, 5.74) is 1.04. The molecular weight excluding hydrogens is 286 g/mol. The highest BCUT2D eigenvalue weighted by Gasteiger charge is 2.33. The van der Waals surface area contributed by atoms with Gasteiger partial charge in [0.05, 0.1) is 25.1 Å². The van der Waals surface area contributed by atoms with E-state index in [0.717, 1.165) is 21.9 Å². The number of nitrogens with zero attached hydrogens (tertiary/aromatic N) is 1. The molecule has 0 N–H and O–H groups in total. The lowest BCUT2D eigenvalue weighted by Crippen LogP contribution is -2.56. The van der Waals surface area contributed by atoms with Crippen LogP contribution in [0.4, 0.5) is 0 Å². The first kappa shape index (κ1) is 13.9. The summed E-state index contributed by atoms with van der Waals surface area (Å²) < 4.78 is 11.0. The van der Waals surface area contributed by atoms with E-state index in [2.05, 4.69) is 0 Å². The predicted octanol–water partition coefficient (Wildman–Crippen LogP) is 2.97. The Labute approximate surface area is 127 Å². The molecule has 0 radical (unpaired) electrons. The van der Waals surface area contributed by atoms with Gasteiger partial charge in [0.1, 0.15) is 17.6 Å². The zero-order chi connectivity index (χ0) is 14.8. The Morgan fingerprint density at radius 2 is 2.05 bits per heavy atom. The van der Waals surface area contributed by atoms with Crippen molar-refractivity contribution in [1.29, 1.82) is 0 Å². The van der Waals surface area contributed by atoms with Gasteiger partial charge in [-0.25, -0.2) is 0 Å². The molecule has 0 aliphatic carbocycles. The molecule has 0 saturated carbocycles. The molecular formula is C16H17NO3S. The third-order valence-corrected chi connectivity index (χ3v) is 4.54. The van der Waals surface area contributed by atoms with Crippen molar-refractivity contribution in [3.8, 4) is 11.5 Å². The van der Waals surface area contributed by atoms with Crippen LogP contribution < -0.4 is 9.47 Å². The first-order valence-corrected chi connectivity index (χ1v) is 7.69. The van der Waals surface area contributed by atoms with Gasteiger partial charge in [-0.05, 0) is 36.1 Å². The molecule has 1 saturated heterocycles. The van der Waals surface area contributed by atoms with Gasteiger partial charge in [0, 0.05) is 6.07 Å². The van der Waals surface area contributed by atoms with E-state index in [1.54, 1.807) is 7.11 Å². The van der Waals surface area contributed by atoms with E-state index in [1.807, 2.05) is 47.5 Å². The third kappa shape index (κ3) is 2.88. The lowest BCUT2D eigenvalue weighted by molar-refractivity contribution is 0.0180. The Bertz CT molecular complexity index is 646. The summed E-state index contributed by atoms with van der Waals surface area (Å²) in [4.78, 5) is 14.9. The average molecular weight is 303 g/mol. The molecule has 4 nitrogen and oxygen atoms in total. The highest BCUT2D eigenvalue weighted by atomic mass is 32.1. The van der Waals surface area contributed by atoms with Crippen molar-refractivity contribution in [3.63, 3.8) is 0 Å². The minimum Gasteiger partial charge on any atom is -0.497 e. The van der Waals surface area contributed by atoms with Crippen molar-refractivity contribution in [2.75, 3.05) is 20.2 Å². The second kappa shape index (κ2) is 5.77. The molecule has 2 heterocycles. The van der Waals surface area contributed by atoms with Crippen molar-refractivity contribution in [2.45, 2.75) is 13.0 Å². The maximum Gasteiger partial charge on any atom is 0.264 e. The number of amides is 1. The van der Waals surface area contributed by atoms with Gasteiger partial charge >= 0.3 is 0 Å². The van der Waals surface area contributed by atoms with Crippen LogP contribution in [0.2, 0.25) is 0 Å². The van der Waals surface area contributed by atoms with E-state index < -0.39 is 0 Å². The first-order chi connectivity index (χ1) is 10.2. The summed E-state index contributed by atoms with van der Waals surface area (Å²) in [7, 11) is 1.63. The van der Waals surface area contributed by atoms with Crippen LogP contribution in [0.25, 0.3) is 0 Å². The Hall–Kier alpha value is -2.01. The Kier molecular flexibility index (Phi) is 3.84. The summed E-state index contributed by atoms with van der Waals surface area (Å²) in [6.07, 6.45) is 0.0568. The zero-order valence-electron chi connectivity index (χ0n) is 12.0. The molecule has 3 rings (SSSR count). The number of thiophene rings is 1. The number of hydrogen-bond donors (Lipinski definition) is 0. The number of carbonyl (C=O) groups is 1. The minimum absolute atomic E-state index is 0.0568. The number of methoxy groups -OCH3 is 1. The fourth-order valence-corrected chi connectivity index (χ4v) is 3.17. The SMILES string of the molecule is COc1cccc(OC2CN(C(=O)c3sccc3C)C2)c1. The number of aryl methyl sites for hydroxylation is 1. The highest BCUT2D eigenvalue weighted by Crippen LogP contribution is 2.25. The summed E-state index contributed by atoms with van der Waals surface area (Å²) in [6.45, 7) is 3.23. The fourth-order valence-electron chi connectivity index (χ4n) is 2.28.